The molecule has 0 spiro atoms. The number of hydrogen-bond donors (Lipinski definition) is 1. The molecule has 3 rings (SSSR count). The third kappa shape index (κ3) is 4.72. The first kappa shape index (κ1) is 18.2. The Labute approximate surface area is 151 Å². The van der Waals surface area contributed by atoms with E-state index in [-0.39, 0.29) is 17.9 Å². The predicted octanol–water partition coefficient (Wildman–Crippen LogP) is 3.09. The van der Waals surface area contributed by atoms with Crippen LogP contribution in [0.15, 0.2) is 18.3 Å². The van der Waals surface area contributed by atoms with Crippen LogP contribution in [0, 0.1) is 5.92 Å². The maximum absolute atomic E-state index is 12.7. The van der Waals surface area contributed by atoms with Crippen LogP contribution in [0.3, 0.4) is 0 Å². The third-order valence-electron chi connectivity index (χ3n) is 5.65. The maximum Gasteiger partial charge on any atom is 0.255 e. The molecule has 1 aromatic heterocycles. The molecule has 2 atom stereocenters. The molecule has 0 aromatic carbocycles. The Hall–Kier alpha value is -1.62. The highest BCUT2D eigenvalue weighted by Crippen LogP contribution is 2.25. The number of aliphatic hydroxyl groups is 1. The summed E-state index contributed by atoms with van der Waals surface area (Å²) in [5, 5.41) is 10.1. The second kappa shape index (κ2) is 8.65. The summed E-state index contributed by atoms with van der Waals surface area (Å²) in [7, 11) is 1.83. The molecule has 0 radical (unpaired) electrons. The van der Waals surface area contributed by atoms with E-state index in [1.807, 2.05) is 19.2 Å². The van der Waals surface area contributed by atoms with Crippen molar-refractivity contribution in [1.82, 2.24) is 9.88 Å². The molecule has 5 heteroatoms. The Morgan fingerprint density at radius 2 is 1.88 bits per heavy atom. The number of aromatic nitrogens is 1. The second-order valence-electron chi connectivity index (χ2n) is 7.60. The molecule has 138 valence electrons. The van der Waals surface area contributed by atoms with Gasteiger partial charge in [-0.15, -0.1) is 0 Å². The number of nitrogens with zero attached hydrogens (tertiary/aromatic N) is 3. The molecule has 5 nitrogen and oxygen atoms in total. The Morgan fingerprint density at radius 3 is 2.52 bits per heavy atom. The van der Waals surface area contributed by atoms with Gasteiger partial charge in [-0.05, 0) is 37.8 Å². The van der Waals surface area contributed by atoms with Gasteiger partial charge in [0, 0.05) is 38.8 Å². The predicted molar refractivity (Wildman–Crippen MR) is 99.8 cm³/mol. The molecule has 2 aliphatic rings. The van der Waals surface area contributed by atoms with E-state index in [4.69, 9.17) is 0 Å². The van der Waals surface area contributed by atoms with Gasteiger partial charge in [0.2, 0.25) is 0 Å². The van der Waals surface area contributed by atoms with Crippen LogP contribution < -0.4 is 4.90 Å². The Morgan fingerprint density at radius 1 is 1.16 bits per heavy atom. The molecule has 2 fully saturated rings. The SMILES string of the molecule is CN(CC1CCCCC1O)C(=O)c1ccc(N2CCCCCC2)nc1. The summed E-state index contributed by atoms with van der Waals surface area (Å²) in [4.78, 5) is 21.3. The summed E-state index contributed by atoms with van der Waals surface area (Å²) in [6, 6.07) is 3.87. The number of carbonyl (C=O) groups excluding carboxylic acids is 1. The summed E-state index contributed by atoms with van der Waals surface area (Å²) in [5.74, 6) is 1.17. The molecular weight excluding hydrogens is 314 g/mol. The third-order valence-corrected chi connectivity index (χ3v) is 5.65. The molecule has 1 aromatic rings. The van der Waals surface area contributed by atoms with Crippen LogP contribution >= 0.6 is 0 Å². The quantitative estimate of drug-likeness (QED) is 0.911. The Balaban J connectivity index is 1.59. The van der Waals surface area contributed by atoms with E-state index >= 15 is 0 Å². The van der Waals surface area contributed by atoms with E-state index in [9.17, 15) is 9.90 Å². The number of carbonyl (C=O) groups is 1. The molecule has 1 aliphatic carbocycles. The Kier molecular flexibility index (Phi) is 6.29. The van der Waals surface area contributed by atoms with Gasteiger partial charge in [0.15, 0.2) is 0 Å². The molecule has 25 heavy (non-hydrogen) atoms. The van der Waals surface area contributed by atoms with Crippen molar-refractivity contribution in [3.05, 3.63) is 23.9 Å². The van der Waals surface area contributed by atoms with Gasteiger partial charge in [0.1, 0.15) is 5.82 Å². The summed E-state index contributed by atoms with van der Waals surface area (Å²) in [5.41, 5.74) is 0.631. The lowest BCUT2D eigenvalue weighted by molar-refractivity contribution is 0.0451. The fourth-order valence-corrected chi connectivity index (χ4v) is 4.06. The van der Waals surface area contributed by atoms with Gasteiger partial charge in [-0.3, -0.25) is 4.79 Å². The van der Waals surface area contributed by atoms with Crippen molar-refractivity contribution in [1.29, 1.82) is 0 Å². The molecule has 1 saturated heterocycles. The van der Waals surface area contributed by atoms with Crippen molar-refractivity contribution in [3.63, 3.8) is 0 Å². The average Bonchev–Trinajstić information content (AvgIpc) is 2.92. The smallest absolute Gasteiger partial charge is 0.255 e. The molecular formula is C20H31N3O2. The van der Waals surface area contributed by atoms with Crippen LogP contribution in [0.2, 0.25) is 0 Å². The van der Waals surface area contributed by atoms with E-state index in [1.165, 1.54) is 25.7 Å². The van der Waals surface area contributed by atoms with E-state index in [0.717, 1.165) is 44.6 Å². The van der Waals surface area contributed by atoms with Gasteiger partial charge in [0.25, 0.3) is 5.91 Å². The van der Waals surface area contributed by atoms with Crippen LogP contribution in [0.25, 0.3) is 0 Å². The molecule has 2 unspecified atom stereocenters. The van der Waals surface area contributed by atoms with E-state index < -0.39 is 0 Å². The number of hydrogen-bond acceptors (Lipinski definition) is 4. The second-order valence-corrected chi connectivity index (χ2v) is 7.60. The fraction of sp³-hybridized carbons (Fsp3) is 0.700. The number of aliphatic hydroxyl groups excluding tert-OH is 1. The van der Waals surface area contributed by atoms with Gasteiger partial charge in [-0.2, -0.15) is 0 Å². The van der Waals surface area contributed by atoms with Crippen molar-refractivity contribution in [2.45, 2.75) is 57.5 Å². The van der Waals surface area contributed by atoms with Gasteiger partial charge in [0.05, 0.1) is 11.7 Å². The topological polar surface area (TPSA) is 56.7 Å². The first-order valence-electron chi connectivity index (χ1n) is 9.79. The van der Waals surface area contributed by atoms with Gasteiger partial charge < -0.3 is 14.9 Å². The highest BCUT2D eigenvalue weighted by molar-refractivity contribution is 5.93. The molecule has 1 saturated carbocycles. The molecule has 1 amide bonds. The van der Waals surface area contributed by atoms with Crippen LogP contribution in [-0.4, -0.2) is 53.7 Å². The van der Waals surface area contributed by atoms with Gasteiger partial charge in [-0.25, -0.2) is 4.98 Å². The van der Waals surface area contributed by atoms with Gasteiger partial charge in [-0.1, -0.05) is 25.7 Å². The molecule has 2 heterocycles. The lowest BCUT2D eigenvalue weighted by atomic mass is 9.86. The minimum Gasteiger partial charge on any atom is -0.393 e. The lowest BCUT2D eigenvalue weighted by Crippen LogP contribution is -2.38. The van der Waals surface area contributed by atoms with Crippen molar-refractivity contribution >= 4 is 11.7 Å². The summed E-state index contributed by atoms with van der Waals surface area (Å²) in [6.45, 7) is 2.73. The van der Waals surface area contributed by atoms with Crippen molar-refractivity contribution in [2.24, 2.45) is 5.92 Å². The summed E-state index contributed by atoms with van der Waals surface area (Å²) in [6.07, 6.45) is 10.6. The lowest BCUT2D eigenvalue weighted by Gasteiger charge is -2.31. The largest absolute Gasteiger partial charge is 0.393 e. The zero-order valence-electron chi connectivity index (χ0n) is 15.4. The maximum atomic E-state index is 12.7. The highest BCUT2D eigenvalue weighted by Gasteiger charge is 2.26. The van der Waals surface area contributed by atoms with Crippen molar-refractivity contribution in [3.8, 4) is 0 Å². The zero-order chi connectivity index (χ0) is 17.6. The van der Waals surface area contributed by atoms with Crippen LogP contribution in [-0.2, 0) is 0 Å². The number of pyridine rings is 1. The minimum atomic E-state index is -0.271. The van der Waals surface area contributed by atoms with Gasteiger partial charge >= 0.3 is 0 Å². The molecule has 0 bridgehead atoms. The normalized spacial score (nSPS) is 24.6. The average molecular weight is 345 g/mol. The summed E-state index contributed by atoms with van der Waals surface area (Å²) >= 11 is 0. The summed E-state index contributed by atoms with van der Waals surface area (Å²) < 4.78 is 0. The van der Waals surface area contributed by atoms with Crippen LogP contribution in [0.1, 0.15) is 61.7 Å². The van der Waals surface area contributed by atoms with Crippen molar-refractivity contribution in [2.75, 3.05) is 31.6 Å². The van der Waals surface area contributed by atoms with Crippen LogP contribution in [0.4, 0.5) is 5.82 Å². The number of rotatable bonds is 4. The standard InChI is InChI=1S/C20H31N3O2/c1-22(15-17-8-4-5-9-18(17)24)20(25)16-10-11-19(21-14-16)23-12-6-2-3-7-13-23/h10-11,14,17-18,24H,2-9,12-13,15H2,1H3. The monoisotopic (exact) mass is 345 g/mol. The first-order valence-corrected chi connectivity index (χ1v) is 9.79. The van der Waals surface area contributed by atoms with E-state index in [0.29, 0.717) is 12.1 Å². The van der Waals surface area contributed by atoms with E-state index in [1.54, 1.807) is 11.1 Å². The first-order chi connectivity index (χ1) is 12.1. The molecule has 1 aliphatic heterocycles. The molecule has 1 N–H and O–H groups in total. The minimum absolute atomic E-state index is 0.00677. The Bertz CT molecular complexity index is 553. The van der Waals surface area contributed by atoms with E-state index in [2.05, 4.69) is 9.88 Å². The zero-order valence-corrected chi connectivity index (χ0v) is 15.4. The van der Waals surface area contributed by atoms with Crippen molar-refractivity contribution < 1.29 is 9.90 Å². The highest BCUT2D eigenvalue weighted by atomic mass is 16.3. The number of anilines is 1. The van der Waals surface area contributed by atoms with Crippen LogP contribution in [0.5, 0.6) is 0 Å². The number of amides is 1. The fourth-order valence-electron chi connectivity index (χ4n) is 4.06.